The van der Waals surface area contributed by atoms with Gasteiger partial charge in [0.25, 0.3) is 0 Å². The molecule has 0 aromatic heterocycles. The summed E-state index contributed by atoms with van der Waals surface area (Å²) in [6.45, 7) is 2.88. The van der Waals surface area contributed by atoms with Crippen LogP contribution in [0.15, 0.2) is 0 Å². The molecule has 0 aliphatic rings. The van der Waals surface area contributed by atoms with E-state index in [1.807, 2.05) is 0 Å². The van der Waals surface area contributed by atoms with Crippen molar-refractivity contribution in [3.05, 3.63) is 0 Å². The third-order valence-electron chi connectivity index (χ3n) is 1.73. The first kappa shape index (κ1) is 10.5. The molecule has 0 bridgehead atoms. The standard InChI is InChI=1S/C7H12O3S/c1-5(8)7(2,4-11)6(9)10-3/h11H,4H2,1-3H3/t7-/m0/s1. The van der Waals surface area contributed by atoms with E-state index < -0.39 is 11.4 Å². The minimum Gasteiger partial charge on any atom is -0.468 e. The predicted molar refractivity (Wildman–Crippen MR) is 44.7 cm³/mol. The van der Waals surface area contributed by atoms with Gasteiger partial charge in [0.05, 0.1) is 7.11 Å². The van der Waals surface area contributed by atoms with Crippen molar-refractivity contribution in [2.24, 2.45) is 5.41 Å². The largest absolute Gasteiger partial charge is 0.468 e. The zero-order valence-electron chi connectivity index (χ0n) is 6.88. The van der Waals surface area contributed by atoms with E-state index in [-0.39, 0.29) is 11.5 Å². The summed E-state index contributed by atoms with van der Waals surface area (Å²) in [5.41, 5.74) is -1.09. The number of ether oxygens (including phenoxy) is 1. The number of hydrogen-bond acceptors (Lipinski definition) is 4. The van der Waals surface area contributed by atoms with Crippen LogP contribution in [0.5, 0.6) is 0 Å². The topological polar surface area (TPSA) is 43.4 Å². The lowest BCUT2D eigenvalue weighted by Gasteiger charge is -2.20. The fraction of sp³-hybridized carbons (Fsp3) is 0.714. The molecular weight excluding hydrogens is 164 g/mol. The summed E-state index contributed by atoms with van der Waals surface area (Å²) < 4.78 is 4.46. The van der Waals surface area contributed by atoms with Crippen molar-refractivity contribution < 1.29 is 14.3 Å². The van der Waals surface area contributed by atoms with Crippen molar-refractivity contribution in [3.8, 4) is 0 Å². The Labute approximate surface area is 71.5 Å². The van der Waals surface area contributed by atoms with Gasteiger partial charge in [0, 0.05) is 5.75 Å². The molecule has 0 saturated carbocycles. The highest BCUT2D eigenvalue weighted by Gasteiger charge is 2.37. The minimum atomic E-state index is -1.09. The fourth-order valence-electron chi connectivity index (χ4n) is 0.545. The second-order valence-electron chi connectivity index (χ2n) is 2.54. The Morgan fingerprint density at radius 3 is 2.09 bits per heavy atom. The van der Waals surface area contributed by atoms with Crippen molar-refractivity contribution in [2.45, 2.75) is 13.8 Å². The molecular formula is C7H12O3S. The summed E-state index contributed by atoms with van der Waals surface area (Å²) in [6, 6.07) is 0. The predicted octanol–water partition coefficient (Wildman–Crippen LogP) is 0.684. The van der Waals surface area contributed by atoms with Crippen LogP contribution in [0, 0.1) is 5.41 Å². The van der Waals surface area contributed by atoms with E-state index in [0.29, 0.717) is 0 Å². The molecule has 0 aromatic carbocycles. The van der Waals surface area contributed by atoms with Crippen molar-refractivity contribution >= 4 is 24.4 Å². The molecule has 1 atom stereocenters. The van der Waals surface area contributed by atoms with Gasteiger partial charge in [-0.25, -0.2) is 0 Å². The van der Waals surface area contributed by atoms with Gasteiger partial charge in [0.2, 0.25) is 0 Å². The molecule has 0 N–H and O–H groups in total. The lowest BCUT2D eigenvalue weighted by Crippen LogP contribution is -2.37. The van der Waals surface area contributed by atoms with E-state index in [2.05, 4.69) is 17.4 Å². The molecule has 0 spiro atoms. The average Bonchev–Trinajstić information content (AvgIpc) is 2.01. The molecule has 0 aliphatic carbocycles. The first-order valence-electron chi connectivity index (χ1n) is 3.19. The number of Topliss-reactive ketones (excluding diaryl/α,β-unsaturated/α-hetero) is 1. The second-order valence-corrected chi connectivity index (χ2v) is 2.85. The van der Waals surface area contributed by atoms with Crippen LogP contribution in [0.2, 0.25) is 0 Å². The van der Waals surface area contributed by atoms with Gasteiger partial charge in [-0.3, -0.25) is 9.59 Å². The van der Waals surface area contributed by atoms with Gasteiger partial charge in [0.15, 0.2) is 0 Å². The Bertz CT molecular complexity index is 179. The molecule has 0 rings (SSSR count). The van der Waals surface area contributed by atoms with Gasteiger partial charge in [0.1, 0.15) is 11.2 Å². The summed E-state index contributed by atoms with van der Waals surface area (Å²) >= 11 is 3.91. The van der Waals surface area contributed by atoms with Gasteiger partial charge >= 0.3 is 5.97 Å². The molecule has 0 saturated heterocycles. The van der Waals surface area contributed by atoms with Crippen LogP contribution in [0.3, 0.4) is 0 Å². The molecule has 4 heteroatoms. The number of carbonyl (C=O) groups excluding carboxylic acids is 2. The highest BCUT2D eigenvalue weighted by molar-refractivity contribution is 7.80. The van der Waals surface area contributed by atoms with Crippen LogP contribution in [0.1, 0.15) is 13.8 Å². The molecule has 0 radical (unpaired) electrons. The Morgan fingerprint density at radius 1 is 1.55 bits per heavy atom. The Balaban J connectivity index is 4.59. The normalized spacial score (nSPS) is 15.3. The summed E-state index contributed by atoms with van der Waals surface area (Å²) in [7, 11) is 1.26. The Hall–Kier alpha value is -0.510. The number of methoxy groups -OCH3 is 1. The lowest BCUT2D eigenvalue weighted by molar-refractivity contribution is -0.154. The highest BCUT2D eigenvalue weighted by atomic mass is 32.1. The van der Waals surface area contributed by atoms with E-state index in [0.717, 1.165) is 0 Å². The maximum atomic E-state index is 11.0. The molecule has 0 aromatic rings. The summed E-state index contributed by atoms with van der Waals surface area (Å²) in [4.78, 5) is 22.0. The first-order chi connectivity index (χ1) is 4.99. The SMILES string of the molecule is COC(=O)[C@@](C)(CS)C(C)=O. The average molecular weight is 176 g/mol. The number of esters is 1. The van der Waals surface area contributed by atoms with Crippen LogP contribution >= 0.6 is 12.6 Å². The zero-order chi connectivity index (χ0) is 9.07. The van der Waals surface area contributed by atoms with Gasteiger partial charge in [-0.1, -0.05) is 0 Å². The molecule has 0 heterocycles. The summed E-state index contributed by atoms with van der Waals surface area (Å²) in [6.07, 6.45) is 0. The minimum absolute atomic E-state index is 0.176. The molecule has 11 heavy (non-hydrogen) atoms. The molecule has 0 fully saturated rings. The number of ketones is 1. The number of carbonyl (C=O) groups is 2. The third-order valence-corrected chi connectivity index (χ3v) is 2.36. The molecule has 3 nitrogen and oxygen atoms in total. The smallest absolute Gasteiger partial charge is 0.319 e. The summed E-state index contributed by atoms with van der Waals surface area (Å²) in [5.74, 6) is -0.575. The van der Waals surface area contributed by atoms with Gasteiger partial charge < -0.3 is 4.74 Å². The third kappa shape index (κ3) is 1.96. The maximum Gasteiger partial charge on any atom is 0.319 e. The van der Waals surface area contributed by atoms with Crippen molar-refractivity contribution in [2.75, 3.05) is 12.9 Å². The maximum absolute atomic E-state index is 11.0. The van der Waals surface area contributed by atoms with Crippen molar-refractivity contribution in [1.82, 2.24) is 0 Å². The lowest BCUT2D eigenvalue weighted by atomic mass is 9.89. The van der Waals surface area contributed by atoms with Gasteiger partial charge in [-0.2, -0.15) is 12.6 Å². The fourth-order valence-corrected chi connectivity index (χ4v) is 0.897. The highest BCUT2D eigenvalue weighted by Crippen LogP contribution is 2.20. The number of hydrogen-bond donors (Lipinski definition) is 1. The van der Waals surface area contributed by atoms with E-state index >= 15 is 0 Å². The van der Waals surface area contributed by atoms with E-state index in [4.69, 9.17) is 0 Å². The monoisotopic (exact) mass is 176 g/mol. The summed E-state index contributed by atoms with van der Waals surface area (Å²) in [5, 5.41) is 0. The zero-order valence-corrected chi connectivity index (χ0v) is 7.77. The number of rotatable bonds is 3. The molecule has 64 valence electrons. The first-order valence-corrected chi connectivity index (χ1v) is 3.82. The molecule has 0 amide bonds. The van der Waals surface area contributed by atoms with E-state index in [1.165, 1.54) is 21.0 Å². The van der Waals surface area contributed by atoms with Crippen LogP contribution in [-0.4, -0.2) is 24.6 Å². The van der Waals surface area contributed by atoms with Crippen LogP contribution in [0.4, 0.5) is 0 Å². The van der Waals surface area contributed by atoms with Crippen LogP contribution < -0.4 is 0 Å². The van der Waals surface area contributed by atoms with E-state index in [1.54, 1.807) is 0 Å². The molecule has 0 aliphatic heterocycles. The van der Waals surface area contributed by atoms with E-state index in [9.17, 15) is 9.59 Å². The van der Waals surface area contributed by atoms with Crippen molar-refractivity contribution in [3.63, 3.8) is 0 Å². The Kier molecular flexibility index (Phi) is 3.58. The van der Waals surface area contributed by atoms with Gasteiger partial charge in [-0.05, 0) is 13.8 Å². The second kappa shape index (κ2) is 3.76. The van der Waals surface area contributed by atoms with Crippen molar-refractivity contribution in [1.29, 1.82) is 0 Å². The van der Waals surface area contributed by atoms with Gasteiger partial charge in [-0.15, -0.1) is 0 Å². The van der Waals surface area contributed by atoms with Crippen LogP contribution in [-0.2, 0) is 14.3 Å². The quantitative estimate of drug-likeness (QED) is 0.391. The number of thiol groups is 1. The van der Waals surface area contributed by atoms with Crippen LogP contribution in [0.25, 0.3) is 0 Å². The Morgan fingerprint density at radius 2 is 2.00 bits per heavy atom. The molecule has 0 unspecified atom stereocenters.